The molecule has 3 rings (SSSR count). The van der Waals surface area contributed by atoms with Crippen molar-refractivity contribution < 1.29 is 4.39 Å². The van der Waals surface area contributed by atoms with Gasteiger partial charge >= 0.3 is 0 Å². The molecule has 2 aromatic rings. The van der Waals surface area contributed by atoms with Crippen molar-refractivity contribution in [2.75, 3.05) is 0 Å². The Morgan fingerprint density at radius 1 is 1.10 bits per heavy atom. The van der Waals surface area contributed by atoms with Crippen molar-refractivity contribution in [3.8, 4) is 0 Å². The molecule has 0 spiro atoms. The summed E-state index contributed by atoms with van der Waals surface area (Å²) in [5.74, 6) is 0.114. The van der Waals surface area contributed by atoms with E-state index >= 15 is 0 Å². The Balaban J connectivity index is 2.07. The van der Waals surface area contributed by atoms with E-state index in [9.17, 15) is 4.39 Å². The van der Waals surface area contributed by atoms with Crippen LogP contribution in [-0.2, 0) is 5.54 Å². The first kappa shape index (κ1) is 14.3. The van der Waals surface area contributed by atoms with Crippen LogP contribution in [0.5, 0.6) is 0 Å². The average molecular weight is 283 g/mol. The molecule has 1 aliphatic rings. The predicted octanol–water partition coefficient (Wildman–Crippen LogP) is 4.65. The Hall–Kier alpha value is -1.67. The lowest BCUT2D eigenvalue weighted by Crippen LogP contribution is -2.45. The van der Waals surface area contributed by atoms with Gasteiger partial charge in [-0.15, -0.1) is 0 Å². The van der Waals surface area contributed by atoms with Crippen LogP contribution in [0.25, 0.3) is 0 Å². The second kappa shape index (κ2) is 5.61. The topological polar surface area (TPSA) is 26.0 Å². The number of hydrogen-bond acceptors (Lipinski definition) is 1. The van der Waals surface area contributed by atoms with Crippen LogP contribution >= 0.6 is 0 Å². The lowest BCUT2D eigenvalue weighted by molar-refractivity contribution is 0.253. The van der Waals surface area contributed by atoms with Gasteiger partial charge in [-0.2, -0.15) is 0 Å². The van der Waals surface area contributed by atoms with Gasteiger partial charge in [0.15, 0.2) is 0 Å². The lowest BCUT2D eigenvalue weighted by atomic mass is 9.66. The molecule has 0 aromatic heterocycles. The second-order valence-electron chi connectivity index (χ2n) is 6.21. The highest BCUT2D eigenvalue weighted by Crippen LogP contribution is 2.46. The monoisotopic (exact) mass is 283 g/mol. The summed E-state index contributed by atoms with van der Waals surface area (Å²) in [6.07, 6.45) is 4.39. The summed E-state index contributed by atoms with van der Waals surface area (Å²) in [7, 11) is 0. The molecular weight excluding hydrogens is 261 g/mol. The molecule has 0 heterocycles. The Morgan fingerprint density at radius 3 is 2.57 bits per heavy atom. The molecule has 2 unspecified atom stereocenters. The third-order valence-corrected chi connectivity index (χ3v) is 4.85. The fourth-order valence-corrected chi connectivity index (χ4v) is 3.82. The maximum Gasteiger partial charge on any atom is 0.123 e. The maximum absolute atomic E-state index is 13.4. The number of halogens is 1. The summed E-state index contributed by atoms with van der Waals surface area (Å²) < 4.78 is 13.4. The largest absolute Gasteiger partial charge is 0.321 e. The molecule has 1 aliphatic carbocycles. The van der Waals surface area contributed by atoms with Crippen molar-refractivity contribution in [1.82, 2.24) is 0 Å². The van der Waals surface area contributed by atoms with E-state index in [4.69, 9.17) is 5.73 Å². The Morgan fingerprint density at radius 2 is 1.86 bits per heavy atom. The first-order valence-corrected chi connectivity index (χ1v) is 7.72. The summed E-state index contributed by atoms with van der Waals surface area (Å²) in [5, 5.41) is 0. The number of nitrogens with two attached hydrogens (primary N) is 1. The highest BCUT2D eigenvalue weighted by atomic mass is 19.1. The average Bonchev–Trinajstić information content (AvgIpc) is 2.48. The molecule has 1 nitrogen and oxygen atoms in total. The minimum Gasteiger partial charge on any atom is -0.321 e. The number of hydrogen-bond donors (Lipinski definition) is 1. The van der Waals surface area contributed by atoms with Gasteiger partial charge < -0.3 is 5.73 Å². The van der Waals surface area contributed by atoms with E-state index in [1.807, 2.05) is 19.1 Å². The van der Waals surface area contributed by atoms with Crippen molar-refractivity contribution in [2.24, 2.45) is 5.73 Å². The van der Waals surface area contributed by atoms with Crippen LogP contribution in [0.2, 0.25) is 0 Å². The van der Waals surface area contributed by atoms with Gasteiger partial charge in [-0.25, -0.2) is 4.39 Å². The van der Waals surface area contributed by atoms with Gasteiger partial charge in [0.25, 0.3) is 0 Å². The zero-order valence-corrected chi connectivity index (χ0v) is 12.5. The van der Waals surface area contributed by atoms with Gasteiger partial charge in [0.2, 0.25) is 0 Å². The zero-order valence-electron chi connectivity index (χ0n) is 12.5. The summed E-state index contributed by atoms with van der Waals surface area (Å²) in [6, 6.07) is 15.5. The molecule has 0 aliphatic heterocycles. The number of rotatable bonds is 2. The molecule has 1 fully saturated rings. The highest BCUT2D eigenvalue weighted by Gasteiger charge is 2.40. The number of aryl methyl sites for hydroxylation is 1. The molecule has 2 aromatic carbocycles. The quantitative estimate of drug-likeness (QED) is 0.853. The molecule has 0 amide bonds. The number of benzene rings is 2. The van der Waals surface area contributed by atoms with Crippen LogP contribution in [-0.4, -0.2) is 0 Å². The Kier molecular flexibility index (Phi) is 3.81. The van der Waals surface area contributed by atoms with Crippen LogP contribution in [0.3, 0.4) is 0 Å². The fraction of sp³-hybridized carbons (Fsp3) is 0.368. The molecule has 1 saturated carbocycles. The third-order valence-electron chi connectivity index (χ3n) is 4.85. The van der Waals surface area contributed by atoms with Gasteiger partial charge in [-0.3, -0.25) is 0 Å². The summed E-state index contributed by atoms with van der Waals surface area (Å²) >= 11 is 0. The molecule has 2 atom stereocenters. The first-order chi connectivity index (χ1) is 10.1. The van der Waals surface area contributed by atoms with E-state index in [-0.39, 0.29) is 5.82 Å². The van der Waals surface area contributed by atoms with E-state index in [0.717, 1.165) is 30.4 Å². The zero-order chi connectivity index (χ0) is 14.9. The SMILES string of the molecule is Cc1cc(F)ccc1C1(N)CCCCC1c1ccccc1. The fourth-order valence-electron chi connectivity index (χ4n) is 3.82. The van der Waals surface area contributed by atoms with Crippen molar-refractivity contribution in [2.45, 2.75) is 44.1 Å². The lowest BCUT2D eigenvalue weighted by Gasteiger charge is -2.43. The van der Waals surface area contributed by atoms with E-state index in [2.05, 4.69) is 24.3 Å². The standard InChI is InChI=1S/C19H22FN/c1-14-13-16(20)10-11-17(14)19(21)12-6-5-9-18(19)15-7-3-2-4-8-15/h2-4,7-8,10-11,13,18H,5-6,9,12,21H2,1H3. The van der Waals surface area contributed by atoms with Crippen LogP contribution < -0.4 is 5.73 Å². The summed E-state index contributed by atoms with van der Waals surface area (Å²) in [5.41, 5.74) is 9.84. The van der Waals surface area contributed by atoms with E-state index in [0.29, 0.717) is 5.92 Å². The summed E-state index contributed by atoms with van der Waals surface area (Å²) in [4.78, 5) is 0. The van der Waals surface area contributed by atoms with E-state index in [1.165, 1.54) is 18.1 Å². The van der Waals surface area contributed by atoms with Crippen molar-refractivity contribution in [3.63, 3.8) is 0 Å². The van der Waals surface area contributed by atoms with E-state index in [1.54, 1.807) is 6.07 Å². The molecular formula is C19H22FN. The maximum atomic E-state index is 13.4. The van der Waals surface area contributed by atoms with Crippen LogP contribution in [0.4, 0.5) is 4.39 Å². The molecule has 2 heteroatoms. The van der Waals surface area contributed by atoms with Gasteiger partial charge in [0.1, 0.15) is 5.82 Å². The van der Waals surface area contributed by atoms with Crippen LogP contribution in [0, 0.1) is 12.7 Å². The van der Waals surface area contributed by atoms with Gasteiger partial charge in [-0.05, 0) is 48.6 Å². The van der Waals surface area contributed by atoms with Crippen molar-refractivity contribution in [3.05, 3.63) is 71.0 Å². The Bertz CT molecular complexity index is 623. The normalized spacial score (nSPS) is 25.8. The van der Waals surface area contributed by atoms with Crippen LogP contribution in [0.1, 0.15) is 48.3 Å². The Labute approximate surface area is 126 Å². The van der Waals surface area contributed by atoms with Crippen molar-refractivity contribution in [1.29, 1.82) is 0 Å². The predicted molar refractivity (Wildman–Crippen MR) is 84.7 cm³/mol. The van der Waals surface area contributed by atoms with Gasteiger partial charge in [-0.1, -0.05) is 49.2 Å². The van der Waals surface area contributed by atoms with Crippen molar-refractivity contribution >= 4 is 0 Å². The van der Waals surface area contributed by atoms with Gasteiger partial charge in [0, 0.05) is 11.5 Å². The summed E-state index contributed by atoms with van der Waals surface area (Å²) in [6.45, 7) is 1.96. The highest BCUT2D eigenvalue weighted by molar-refractivity contribution is 5.38. The van der Waals surface area contributed by atoms with Crippen LogP contribution in [0.15, 0.2) is 48.5 Å². The molecule has 21 heavy (non-hydrogen) atoms. The van der Waals surface area contributed by atoms with Gasteiger partial charge in [0.05, 0.1) is 0 Å². The molecule has 2 N–H and O–H groups in total. The molecule has 110 valence electrons. The molecule has 0 bridgehead atoms. The first-order valence-electron chi connectivity index (χ1n) is 7.72. The second-order valence-corrected chi connectivity index (χ2v) is 6.21. The van der Waals surface area contributed by atoms with E-state index < -0.39 is 5.54 Å². The minimum atomic E-state index is -0.391. The molecule has 0 saturated heterocycles. The third kappa shape index (κ3) is 2.60. The molecule has 0 radical (unpaired) electrons. The smallest absolute Gasteiger partial charge is 0.123 e. The minimum absolute atomic E-state index is 0.188.